The molecular formula is C16H33N4Na3O12S4. The van der Waals surface area contributed by atoms with Gasteiger partial charge in [-0.25, -0.2) is 25.3 Å². The van der Waals surface area contributed by atoms with Gasteiger partial charge in [-0.1, -0.05) is 0 Å². The van der Waals surface area contributed by atoms with Gasteiger partial charge < -0.3 is 13.7 Å². The van der Waals surface area contributed by atoms with Crippen molar-refractivity contribution in [3.05, 3.63) is 0 Å². The molecule has 2 fully saturated rings. The van der Waals surface area contributed by atoms with Gasteiger partial charge in [0.25, 0.3) is 10.1 Å². The average molecular weight is 671 g/mol. The molecule has 2 aliphatic rings. The quantitative estimate of drug-likeness (QED) is 0.150. The molecule has 16 nitrogen and oxygen atoms in total. The summed E-state index contributed by atoms with van der Waals surface area (Å²) in [4.78, 5) is 7.38. The Kier molecular flexibility index (Phi) is 25.0. The predicted octanol–water partition coefficient (Wildman–Crippen LogP) is -13.3. The Labute approximate surface area is 298 Å². The fourth-order valence-electron chi connectivity index (χ4n) is 3.44. The van der Waals surface area contributed by atoms with E-state index in [-0.39, 0.29) is 121 Å². The van der Waals surface area contributed by atoms with Crippen LogP contribution in [0.2, 0.25) is 0 Å². The normalized spacial score (nSPS) is 18.6. The summed E-state index contributed by atoms with van der Waals surface area (Å²) >= 11 is 0. The Morgan fingerprint density at radius 1 is 0.436 bits per heavy atom. The summed E-state index contributed by atoms with van der Waals surface area (Å²) in [5, 5.41) is 0. The van der Waals surface area contributed by atoms with Crippen molar-refractivity contribution >= 4 is 40.5 Å². The minimum Gasteiger partial charge on any atom is -0.748 e. The summed E-state index contributed by atoms with van der Waals surface area (Å²) < 4.78 is 124. The molecule has 0 aliphatic carbocycles. The molecule has 39 heavy (non-hydrogen) atoms. The largest absolute Gasteiger partial charge is 1.00 e. The van der Waals surface area contributed by atoms with Crippen molar-refractivity contribution in [2.45, 2.75) is 0 Å². The number of piperazine rings is 2. The van der Waals surface area contributed by atoms with E-state index in [1.165, 1.54) is 0 Å². The van der Waals surface area contributed by atoms with E-state index in [2.05, 4.69) is 0 Å². The van der Waals surface area contributed by atoms with Crippen LogP contribution in [0.3, 0.4) is 0 Å². The molecule has 0 aromatic carbocycles. The first-order chi connectivity index (χ1) is 16.3. The first kappa shape index (κ1) is 45.9. The van der Waals surface area contributed by atoms with E-state index in [1.807, 2.05) is 19.6 Å². The maximum atomic E-state index is 10.6. The molecule has 0 amide bonds. The maximum absolute atomic E-state index is 10.6. The standard InChI is InChI=1S/2C8H18N2O6S2.3Na/c2*11-17(12,13)7-5-9-1-2-10(4-3-9)6-8-18(14,15)16;;;/h2*1-8H2,(H,11,12,13)(H,14,15,16);;;/q;;3*+1/p-3. The third-order valence-corrected chi connectivity index (χ3v) is 8.31. The molecule has 0 saturated carbocycles. The Morgan fingerprint density at radius 3 is 0.769 bits per heavy atom. The van der Waals surface area contributed by atoms with E-state index in [4.69, 9.17) is 4.55 Å². The minimum absolute atomic E-state index is 0. The Bertz CT molecular complexity index is 919. The molecule has 0 aromatic heterocycles. The zero-order chi connectivity index (χ0) is 27.6. The van der Waals surface area contributed by atoms with Crippen molar-refractivity contribution < 1.29 is 141 Å². The van der Waals surface area contributed by atoms with Crippen LogP contribution in [0.15, 0.2) is 0 Å². The van der Waals surface area contributed by atoms with Crippen LogP contribution in [0.1, 0.15) is 0 Å². The van der Waals surface area contributed by atoms with Crippen LogP contribution in [0.5, 0.6) is 0 Å². The maximum Gasteiger partial charge on any atom is 1.00 e. The molecule has 23 heteroatoms. The summed E-state index contributed by atoms with van der Waals surface area (Å²) in [5.41, 5.74) is 0. The zero-order valence-electron chi connectivity index (χ0n) is 22.7. The van der Waals surface area contributed by atoms with Gasteiger partial charge in [0.15, 0.2) is 0 Å². The van der Waals surface area contributed by atoms with Gasteiger partial charge in [0.1, 0.15) is 0 Å². The van der Waals surface area contributed by atoms with E-state index in [0.717, 1.165) is 0 Å². The molecule has 216 valence electrons. The minimum atomic E-state index is -4.19. The van der Waals surface area contributed by atoms with Gasteiger partial charge >= 0.3 is 88.7 Å². The van der Waals surface area contributed by atoms with E-state index < -0.39 is 57.7 Å². The third kappa shape index (κ3) is 27.7. The van der Waals surface area contributed by atoms with Gasteiger partial charge in [0.05, 0.1) is 53.4 Å². The molecule has 0 radical (unpaired) electrons. The fraction of sp³-hybridized carbons (Fsp3) is 1.00. The van der Waals surface area contributed by atoms with Crippen molar-refractivity contribution in [3.8, 4) is 0 Å². The van der Waals surface area contributed by atoms with Crippen LogP contribution in [0, 0.1) is 0 Å². The fourth-order valence-corrected chi connectivity index (χ4v) is 5.37. The van der Waals surface area contributed by atoms with Crippen LogP contribution in [0.25, 0.3) is 0 Å². The summed E-state index contributed by atoms with van der Waals surface area (Å²) in [5.74, 6) is -1.54. The average Bonchev–Trinajstić information content (AvgIpc) is 2.73. The Hall–Kier alpha value is 2.48. The molecule has 2 rings (SSSR count). The summed E-state index contributed by atoms with van der Waals surface area (Å²) in [6.07, 6.45) is 0. The molecule has 0 atom stereocenters. The zero-order valence-corrected chi connectivity index (χ0v) is 31.9. The Balaban J connectivity index is -0.000000617. The third-order valence-electron chi connectivity index (χ3n) is 5.57. The van der Waals surface area contributed by atoms with Gasteiger partial charge in [-0.15, -0.1) is 0 Å². The van der Waals surface area contributed by atoms with Crippen LogP contribution < -0.4 is 88.7 Å². The molecule has 0 aromatic rings. The van der Waals surface area contributed by atoms with Crippen molar-refractivity contribution in [1.29, 1.82) is 0 Å². The van der Waals surface area contributed by atoms with Gasteiger partial charge in [0, 0.05) is 78.5 Å². The summed E-state index contributed by atoms with van der Waals surface area (Å²) in [7, 11) is -16.5. The van der Waals surface area contributed by atoms with E-state index in [9.17, 15) is 47.3 Å². The van der Waals surface area contributed by atoms with Gasteiger partial charge in [-0.2, -0.15) is 8.42 Å². The van der Waals surface area contributed by atoms with Crippen LogP contribution in [-0.2, 0) is 40.5 Å². The summed E-state index contributed by atoms with van der Waals surface area (Å²) in [6, 6.07) is 0. The van der Waals surface area contributed by atoms with Crippen molar-refractivity contribution in [3.63, 3.8) is 0 Å². The van der Waals surface area contributed by atoms with Crippen molar-refractivity contribution in [1.82, 2.24) is 19.6 Å². The Morgan fingerprint density at radius 2 is 0.615 bits per heavy atom. The molecule has 0 bridgehead atoms. The van der Waals surface area contributed by atoms with Gasteiger partial charge in [-0.3, -0.25) is 24.2 Å². The van der Waals surface area contributed by atoms with E-state index >= 15 is 0 Å². The number of rotatable bonds is 12. The molecular weight excluding hydrogens is 637 g/mol. The van der Waals surface area contributed by atoms with Crippen molar-refractivity contribution in [2.24, 2.45) is 0 Å². The SMILES string of the molecule is O=S(=O)([O-])CCN1CCN(CCS(=O)(=O)O)CC1.O=S(=O)([O-])CCN1CCN(CCS(=O)(=O)[O-])CC1.[Na+].[Na+].[Na+]. The number of hydrogen-bond acceptors (Lipinski definition) is 15. The first-order valence-corrected chi connectivity index (χ1v) is 17.3. The molecule has 2 saturated heterocycles. The second-order valence-electron chi connectivity index (χ2n) is 8.44. The van der Waals surface area contributed by atoms with Crippen LogP contribution >= 0.6 is 0 Å². The number of hydrogen-bond donors (Lipinski definition) is 1. The molecule has 0 spiro atoms. The predicted molar refractivity (Wildman–Crippen MR) is 126 cm³/mol. The first-order valence-electron chi connectivity index (χ1n) is 11.0. The smallest absolute Gasteiger partial charge is 0.748 e. The topological polar surface area (TPSA) is 239 Å². The number of nitrogens with zero attached hydrogens (tertiary/aromatic N) is 4. The second-order valence-corrected chi connectivity index (χ2v) is 14.6. The molecule has 2 heterocycles. The monoisotopic (exact) mass is 670 g/mol. The molecule has 0 unspecified atom stereocenters. The van der Waals surface area contributed by atoms with Crippen molar-refractivity contribution in [2.75, 3.05) is 102 Å². The van der Waals surface area contributed by atoms with Gasteiger partial charge in [0.2, 0.25) is 0 Å². The molecule has 1 N–H and O–H groups in total. The summed E-state index contributed by atoms with van der Waals surface area (Å²) in [6.45, 7) is 5.46. The van der Waals surface area contributed by atoms with E-state index in [1.54, 1.807) is 0 Å². The van der Waals surface area contributed by atoms with E-state index in [0.29, 0.717) is 52.4 Å². The molecule has 2 aliphatic heterocycles. The second kappa shape index (κ2) is 21.3. The van der Waals surface area contributed by atoms with Gasteiger partial charge in [-0.05, 0) is 0 Å². The van der Waals surface area contributed by atoms with Crippen LogP contribution in [-0.4, -0.2) is 173 Å². The van der Waals surface area contributed by atoms with Crippen LogP contribution in [0.4, 0.5) is 0 Å².